The summed E-state index contributed by atoms with van der Waals surface area (Å²) in [5.74, 6) is 3.75. The fraction of sp³-hybridized carbons (Fsp3) is 0.933. The van der Waals surface area contributed by atoms with E-state index in [1.807, 2.05) is 0 Å². The van der Waals surface area contributed by atoms with Crippen molar-refractivity contribution in [1.29, 1.82) is 0 Å². The van der Waals surface area contributed by atoms with E-state index in [1.165, 1.54) is 57.8 Å². The Morgan fingerprint density at radius 3 is 2.10 bits per heavy atom. The lowest BCUT2D eigenvalue weighted by atomic mass is 9.32. The summed E-state index contributed by atoms with van der Waals surface area (Å²) in [4.78, 5) is 0. The van der Waals surface area contributed by atoms with Gasteiger partial charge in [0.25, 0.3) is 0 Å². The highest BCUT2D eigenvalue weighted by molar-refractivity contribution is 5.25. The normalized spacial score (nSPS) is 55.2. The Kier molecular flexibility index (Phi) is 4.58. The Morgan fingerprint density at radius 1 is 0.710 bits per heavy atom. The van der Waals surface area contributed by atoms with Gasteiger partial charge in [-0.2, -0.15) is 0 Å². The third kappa shape index (κ3) is 2.73. The summed E-state index contributed by atoms with van der Waals surface area (Å²) in [5.41, 5.74) is 2.12. The molecule has 0 amide bonds. The van der Waals surface area contributed by atoms with Crippen LogP contribution in [0, 0.1) is 56.2 Å². The molecule has 0 aromatic rings. The summed E-state index contributed by atoms with van der Waals surface area (Å²) >= 11 is 0. The van der Waals surface area contributed by atoms with E-state index in [9.17, 15) is 5.11 Å². The van der Waals surface area contributed by atoms with Gasteiger partial charge in [-0.05, 0) is 121 Å². The van der Waals surface area contributed by atoms with Crippen LogP contribution in [0.4, 0.5) is 0 Å². The molecule has 0 unspecified atom stereocenters. The Balaban J connectivity index is 1.56. The molecular formula is C30H50O. The minimum atomic E-state index is -0.0324. The first-order valence-corrected chi connectivity index (χ1v) is 13.6. The number of rotatable bonds is 0. The van der Waals surface area contributed by atoms with Gasteiger partial charge >= 0.3 is 0 Å². The molecule has 176 valence electrons. The van der Waals surface area contributed by atoms with Crippen LogP contribution in [0.1, 0.15) is 120 Å². The minimum Gasteiger partial charge on any atom is -0.512 e. The quantitative estimate of drug-likeness (QED) is 0.410. The maximum absolute atomic E-state index is 11.4. The highest BCUT2D eigenvalue weighted by Crippen LogP contribution is 2.76. The van der Waals surface area contributed by atoms with Gasteiger partial charge in [0.2, 0.25) is 0 Å². The van der Waals surface area contributed by atoms with E-state index in [1.54, 1.807) is 0 Å². The highest BCUT2D eigenvalue weighted by atomic mass is 16.3. The van der Waals surface area contributed by atoms with Gasteiger partial charge in [0.05, 0.1) is 5.76 Å². The van der Waals surface area contributed by atoms with Crippen molar-refractivity contribution in [2.45, 2.75) is 120 Å². The zero-order valence-electron chi connectivity index (χ0n) is 21.9. The minimum absolute atomic E-state index is 0.0324. The van der Waals surface area contributed by atoms with Gasteiger partial charge in [-0.25, -0.2) is 0 Å². The van der Waals surface area contributed by atoms with Crippen LogP contribution in [-0.2, 0) is 0 Å². The van der Waals surface area contributed by atoms with Gasteiger partial charge < -0.3 is 5.11 Å². The first kappa shape index (κ1) is 22.3. The Labute approximate surface area is 192 Å². The van der Waals surface area contributed by atoms with Gasteiger partial charge in [0.15, 0.2) is 0 Å². The lowest BCUT2D eigenvalue weighted by molar-refractivity contribution is -0.235. The summed E-state index contributed by atoms with van der Waals surface area (Å²) in [6.45, 7) is 20.5. The van der Waals surface area contributed by atoms with Gasteiger partial charge in [-0.15, -0.1) is 0 Å². The van der Waals surface area contributed by atoms with Gasteiger partial charge in [0, 0.05) is 5.41 Å². The zero-order chi connectivity index (χ0) is 22.7. The molecule has 0 radical (unpaired) electrons. The van der Waals surface area contributed by atoms with Crippen LogP contribution in [0.15, 0.2) is 11.8 Å². The van der Waals surface area contributed by atoms with Crippen molar-refractivity contribution in [2.24, 2.45) is 56.2 Å². The SMILES string of the molecule is CC1(C)CC[C@]2(C)CC[C@]3(C)[C@H](CC[C@@H]4[C@@]5(C)C(O)=CCC(C)(C)[C@@H]5CC[C@]43C)[C@@H]2C1. The van der Waals surface area contributed by atoms with Crippen LogP contribution in [-0.4, -0.2) is 5.11 Å². The van der Waals surface area contributed by atoms with Crippen LogP contribution in [0.2, 0.25) is 0 Å². The summed E-state index contributed by atoms with van der Waals surface area (Å²) in [7, 11) is 0. The Morgan fingerprint density at radius 2 is 1.39 bits per heavy atom. The largest absolute Gasteiger partial charge is 0.512 e. The third-order valence-electron chi connectivity index (χ3n) is 13.1. The standard InChI is InChI=1S/C30H50O/c1-25(2)15-16-27(5)17-18-28(6)20(21(27)19-25)9-10-23-29(28,7)14-11-22-26(3,4)13-12-24(31)30(22,23)8/h12,20-23,31H,9-11,13-19H2,1-8H3/t20-,21+,22+,23+,27-,28-,29-,30+/m1/s1. The molecule has 5 aliphatic rings. The molecule has 5 rings (SSSR count). The van der Waals surface area contributed by atoms with E-state index >= 15 is 0 Å². The van der Waals surface area contributed by atoms with E-state index < -0.39 is 0 Å². The van der Waals surface area contributed by atoms with Crippen LogP contribution in [0.3, 0.4) is 0 Å². The summed E-state index contributed by atoms with van der Waals surface area (Å²) in [6.07, 6.45) is 15.8. The molecule has 0 aromatic heterocycles. The second kappa shape index (κ2) is 6.35. The molecule has 31 heavy (non-hydrogen) atoms. The maximum Gasteiger partial charge on any atom is 0.0947 e. The first-order chi connectivity index (χ1) is 14.2. The molecule has 0 heterocycles. The van der Waals surface area contributed by atoms with Crippen LogP contribution in [0.25, 0.3) is 0 Å². The first-order valence-electron chi connectivity index (χ1n) is 13.6. The predicted molar refractivity (Wildman–Crippen MR) is 131 cm³/mol. The molecule has 0 aliphatic heterocycles. The van der Waals surface area contributed by atoms with Gasteiger partial charge in [-0.3, -0.25) is 0 Å². The molecular weight excluding hydrogens is 376 g/mol. The summed E-state index contributed by atoms with van der Waals surface area (Å²) < 4.78 is 0. The molecule has 5 aliphatic carbocycles. The molecule has 1 nitrogen and oxygen atoms in total. The molecule has 0 aromatic carbocycles. The van der Waals surface area contributed by atoms with Crippen LogP contribution >= 0.6 is 0 Å². The van der Waals surface area contributed by atoms with Gasteiger partial charge in [0.1, 0.15) is 0 Å². The zero-order valence-corrected chi connectivity index (χ0v) is 21.9. The molecule has 1 N–H and O–H groups in total. The second-order valence-electron chi connectivity index (χ2n) is 15.4. The van der Waals surface area contributed by atoms with Crippen molar-refractivity contribution < 1.29 is 5.11 Å². The Hall–Kier alpha value is -0.460. The number of aliphatic hydroxyl groups is 1. The third-order valence-corrected chi connectivity index (χ3v) is 13.1. The summed E-state index contributed by atoms with van der Waals surface area (Å²) in [6, 6.07) is 0. The number of fused-ring (bicyclic) bond motifs is 7. The fourth-order valence-corrected chi connectivity index (χ4v) is 10.8. The number of hydrogen-bond acceptors (Lipinski definition) is 1. The average Bonchev–Trinajstić information content (AvgIpc) is 2.67. The van der Waals surface area contributed by atoms with Crippen molar-refractivity contribution in [3.05, 3.63) is 11.8 Å². The molecule has 8 atom stereocenters. The maximum atomic E-state index is 11.4. The Bertz CT molecular complexity index is 790. The monoisotopic (exact) mass is 426 g/mol. The second-order valence-corrected chi connectivity index (χ2v) is 15.4. The molecule has 0 saturated heterocycles. The van der Waals surface area contributed by atoms with Crippen LogP contribution < -0.4 is 0 Å². The predicted octanol–water partition coefficient (Wildman–Crippen LogP) is 8.94. The molecule has 1 heteroatoms. The van der Waals surface area contributed by atoms with Crippen molar-refractivity contribution in [3.63, 3.8) is 0 Å². The van der Waals surface area contributed by atoms with Crippen molar-refractivity contribution in [1.82, 2.24) is 0 Å². The lowest BCUT2D eigenvalue weighted by Gasteiger charge is -2.72. The lowest BCUT2D eigenvalue weighted by Crippen LogP contribution is -2.66. The van der Waals surface area contributed by atoms with Crippen molar-refractivity contribution >= 4 is 0 Å². The van der Waals surface area contributed by atoms with E-state index in [4.69, 9.17) is 0 Å². The number of allylic oxidation sites excluding steroid dienone is 2. The smallest absolute Gasteiger partial charge is 0.0947 e. The fourth-order valence-electron chi connectivity index (χ4n) is 10.8. The van der Waals surface area contributed by atoms with E-state index in [0.29, 0.717) is 38.9 Å². The highest BCUT2D eigenvalue weighted by Gasteiger charge is 2.69. The summed E-state index contributed by atoms with van der Waals surface area (Å²) in [5, 5.41) is 11.4. The van der Waals surface area contributed by atoms with E-state index in [0.717, 1.165) is 24.0 Å². The molecule has 4 fully saturated rings. The van der Waals surface area contributed by atoms with Crippen LogP contribution in [0.5, 0.6) is 0 Å². The average molecular weight is 427 g/mol. The number of hydrogen-bond donors (Lipinski definition) is 1. The van der Waals surface area contributed by atoms with E-state index in [2.05, 4.69) is 61.5 Å². The van der Waals surface area contributed by atoms with E-state index in [-0.39, 0.29) is 5.41 Å². The molecule has 0 spiro atoms. The molecule has 0 bridgehead atoms. The van der Waals surface area contributed by atoms with Crippen molar-refractivity contribution in [2.75, 3.05) is 0 Å². The topological polar surface area (TPSA) is 20.2 Å². The molecule has 4 saturated carbocycles. The number of aliphatic hydroxyl groups excluding tert-OH is 1. The van der Waals surface area contributed by atoms with Gasteiger partial charge in [-0.1, -0.05) is 55.4 Å². The van der Waals surface area contributed by atoms with Crippen molar-refractivity contribution in [3.8, 4) is 0 Å².